The highest BCUT2D eigenvalue weighted by atomic mass is 32.2. The van der Waals surface area contributed by atoms with Crippen LogP contribution in [0.4, 0.5) is 5.13 Å². The zero-order valence-corrected chi connectivity index (χ0v) is 16.4. The van der Waals surface area contributed by atoms with Crippen molar-refractivity contribution in [3.63, 3.8) is 0 Å². The van der Waals surface area contributed by atoms with Gasteiger partial charge in [0.15, 0.2) is 5.13 Å². The maximum absolute atomic E-state index is 13.0. The number of benzene rings is 2. The van der Waals surface area contributed by atoms with Crippen molar-refractivity contribution in [3.05, 3.63) is 59.7 Å². The van der Waals surface area contributed by atoms with Gasteiger partial charge in [0.2, 0.25) is 15.9 Å². The molecule has 2 aromatic carbocycles. The molecule has 1 aliphatic heterocycles. The zero-order chi connectivity index (χ0) is 19.0. The second-order valence-electron chi connectivity index (χ2n) is 6.41. The number of para-hydroxylation sites is 1. The molecule has 4 rings (SSSR count). The summed E-state index contributed by atoms with van der Waals surface area (Å²) in [7, 11) is -3.52. The summed E-state index contributed by atoms with van der Waals surface area (Å²) >= 11 is 1.38. The van der Waals surface area contributed by atoms with Crippen LogP contribution in [0, 0.1) is 0 Å². The van der Waals surface area contributed by atoms with Crippen LogP contribution >= 0.6 is 11.3 Å². The summed E-state index contributed by atoms with van der Waals surface area (Å²) in [6.45, 7) is 1.81. The van der Waals surface area contributed by atoms with E-state index < -0.39 is 16.1 Å². The Hall–Kier alpha value is -2.29. The van der Waals surface area contributed by atoms with Crippen LogP contribution < -0.4 is 5.32 Å². The fourth-order valence-electron chi connectivity index (χ4n) is 3.29. The summed E-state index contributed by atoms with van der Waals surface area (Å²) < 4.78 is 27.5. The van der Waals surface area contributed by atoms with E-state index in [0.717, 1.165) is 21.3 Å². The van der Waals surface area contributed by atoms with Crippen molar-refractivity contribution in [3.8, 4) is 0 Å². The SMILES string of the molecule is CCS(=O)(=O)N1Cc2ccccc2C[C@H]1C(=O)Nc1nc2ccccc2s1. The van der Waals surface area contributed by atoms with Crippen LogP contribution in [-0.4, -0.2) is 35.4 Å². The molecular formula is C19H19N3O3S2. The molecule has 0 unspecified atom stereocenters. The summed E-state index contributed by atoms with van der Waals surface area (Å²) in [6, 6.07) is 14.5. The van der Waals surface area contributed by atoms with Crippen LogP contribution in [0.2, 0.25) is 0 Å². The van der Waals surface area contributed by atoms with Crippen LogP contribution in [0.5, 0.6) is 0 Å². The molecule has 6 nitrogen and oxygen atoms in total. The molecular weight excluding hydrogens is 382 g/mol. The molecule has 0 bridgehead atoms. The molecule has 1 aliphatic rings. The summed E-state index contributed by atoms with van der Waals surface area (Å²) in [5.41, 5.74) is 2.76. The first-order valence-corrected chi connectivity index (χ1v) is 11.1. The van der Waals surface area contributed by atoms with Gasteiger partial charge in [-0.25, -0.2) is 13.4 Å². The Kier molecular flexibility index (Phi) is 4.71. The number of hydrogen-bond acceptors (Lipinski definition) is 5. The number of aromatic nitrogens is 1. The number of rotatable bonds is 4. The van der Waals surface area contributed by atoms with E-state index in [4.69, 9.17) is 0 Å². The van der Waals surface area contributed by atoms with E-state index in [2.05, 4.69) is 10.3 Å². The van der Waals surface area contributed by atoms with Gasteiger partial charge >= 0.3 is 0 Å². The number of hydrogen-bond donors (Lipinski definition) is 1. The van der Waals surface area contributed by atoms with Crippen molar-refractivity contribution in [2.24, 2.45) is 0 Å². The van der Waals surface area contributed by atoms with Gasteiger partial charge in [-0.3, -0.25) is 4.79 Å². The molecule has 0 saturated heterocycles. The molecule has 0 fully saturated rings. The van der Waals surface area contributed by atoms with E-state index in [1.165, 1.54) is 15.6 Å². The predicted octanol–water partition coefficient (Wildman–Crippen LogP) is 3.01. The molecule has 3 aromatic rings. The van der Waals surface area contributed by atoms with Crippen LogP contribution in [0.1, 0.15) is 18.1 Å². The zero-order valence-electron chi connectivity index (χ0n) is 14.8. The average Bonchev–Trinajstić information content (AvgIpc) is 3.09. The molecule has 140 valence electrons. The Morgan fingerprint density at radius 1 is 1.19 bits per heavy atom. The molecule has 0 saturated carbocycles. The Bertz CT molecular complexity index is 1080. The van der Waals surface area contributed by atoms with Crippen LogP contribution in [0.15, 0.2) is 48.5 Å². The molecule has 2 heterocycles. The Labute approximate surface area is 161 Å². The van der Waals surface area contributed by atoms with Gasteiger partial charge in [0.1, 0.15) is 6.04 Å². The molecule has 0 radical (unpaired) electrons. The number of fused-ring (bicyclic) bond motifs is 2. The minimum atomic E-state index is -3.52. The summed E-state index contributed by atoms with van der Waals surface area (Å²) in [5, 5.41) is 3.30. The molecule has 0 spiro atoms. The van der Waals surface area contributed by atoms with Crippen molar-refractivity contribution in [1.82, 2.24) is 9.29 Å². The largest absolute Gasteiger partial charge is 0.301 e. The van der Waals surface area contributed by atoms with E-state index in [0.29, 0.717) is 11.6 Å². The van der Waals surface area contributed by atoms with E-state index in [-0.39, 0.29) is 18.2 Å². The summed E-state index contributed by atoms with van der Waals surface area (Å²) in [6.07, 6.45) is 0.353. The number of sulfonamides is 1. The van der Waals surface area contributed by atoms with Crippen molar-refractivity contribution in [1.29, 1.82) is 0 Å². The molecule has 1 aromatic heterocycles. The van der Waals surface area contributed by atoms with Crippen LogP contribution in [0.25, 0.3) is 10.2 Å². The van der Waals surface area contributed by atoms with Gasteiger partial charge in [-0.15, -0.1) is 0 Å². The molecule has 8 heteroatoms. The molecule has 1 atom stereocenters. The standard InChI is InChI=1S/C19H19N3O3S2/c1-2-27(24,25)22-12-14-8-4-3-7-13(14)11-16(22)18(23)21-19-20-15-9-5-6-10-17(15)26-19/h3-10,16H,2,11-12H2,1H3,(H,20,21,23)/t16-/m0/s1. The third kappa shape index (κ3) is 3.47. The highest BCUT2D eigenvalue weighted by molar-refractivity contribution is 7.89. The maximum Gasteiger partial charge on any atom is 0.244 e. The lowest BCUT2D eigenvalue weighted by Gasteiger charge is -2.34. The van der Waals surface area contributed by atoms with E-state index in [9.17, 15) is 13.2 Å². The van der Waals surface area contributed by atoms with Crippen molar-refractivity contribution < 1.29 is 13.2 Å². The van der Waals surface area contributed by atoms with Crippen LogP contribution in [-0.2, 0) is 27.8 Å². The van der Waals surface area contributed by atoms with Gasteiger partial charge < -0.3 is 5.32 Å². The minimum absolute atomic E-state index is 0.0416. The van der Waals surface area contributed by atoms with E-state index >= 15 is 0 Å². The Morgan fingerprint density at radius 2 is 1.89 bits per heavy atom. The minimum Gasteiger partial charge on any atom is -0.301 e. The monoisotopic (exact) mass is 401 g/mol. The lowest BCUT2D eigenvalue weighted by Crippen LogP contribution is -2.51. The maximum atomic E-state index is 13.0. The first-order chi connectivity index (χ1) is 13.0. The van der Waals surface area contributed by atoms with Gasteiger partial charge in [-0.1, -0.05) is 47.7 Å². The highest BCUT2D eigenvalue weighted by Gasteiger charge is 2.38. The highest BCUT2D eigenvalue weighted by Crippen LogP contribution is 2.29. The van der Waals surface area contributed by atoms with Gasteiger partial charge in [0.25, 0.3) is 0 Å². The smallest absolute Gasteiger partial charge is 0.244 e. The van der Waals surface area contributed by atoms with Gasteiger partial charge in [-0.05, 0) is 36.6 Å². The normalized spacial score (nSPS) is 17.6. The summed E-state index contributed by atoms with van der Waals surface area (Å²) in [5.74, 6) is -0.388. The van der Waals surface area contributed by atoms with Crippen LogP contribution in [0.3, 0.4) is 0 Å². The third-order valence-corrected chi connectivity index (χ3v) is 7.53. The van der Waals surface area contributed by atoms with Crippen molar-refractivity contribution in [2.45, 2.75) is 25.9 Å². The second kappa shape index (κ2) is 7.03. The number of nitrogens with zero attached hydrogens (tertiary/aromatic N) is 2. The molecule has 1 N–H and O–H groups in total. The first-order valence-electron chi connectivity index (χ1n) is 8.70. The van der Waals surface area contributed by atoms with Crippen molar-refractivity contribution >= 4 is 42.6 Å². The first kappa shape index (κ1) is 18.1. The molecule has 27 heavy (non-hydrogen) atoms. The number of nitrogens with one attached hydrogen (secondary N) is 1. The Balaban J connectivity index is 1.65. The number of carbonyl (C=O) groups is 1. The van der Waals surface area contributed by atoms with Gasteiger partial charge in [0.05, 0.1) is 16.0 Å². The van der Waals surface area contributed by atoms with Gasteiger partial charge in [-0.2, -0.15) is 4.31 Å². The number of thiazole rings is 1. The van der Waals surface area contributed by atoms with E-state index in [1.54, 1.807) is 6.92 Å². The van der Waals surface area contributed by atoms with Gasteiger partial charge in [0, 0.05) is 6.54 Å². The van der Waals surface area contributed by atoms with Crippen molar-refractivity contribution in [2.75, 3.05) is 11.1 Å². The topological polar surface area (TPSA) is 79.4 Å². The third-order valence-electron chi connectivity index (χ3n) is 4.75. The number of anilines is 1. The lowest BCUT2D eigenvalue weighted by atomic mass is 9.95. The summed E-state index contributed by atoms with van der Waals surface area (Å²) in [4.78, 5) is 17.4. The molecule has 0 aliphatic carbocycles. The lowest BCUT2D eigenvalue weighted by molar-refractivity contribution is -0.120. The fraction of sp³-hybridized carbons (Fsp3) is 0.263. The predicted molar refractivity (Wildman–Crippen MR) is 107 cm³/mol. The Morgan fingerprint density at radius 3 is 2.63 bits per heavy atom. The number of carbonyl (C=O) groups excluding carboxylic acids is 1. The quantitative estimate of drug-likeness (QED) is 0.729. The number of amides is 1. The molecule has 1 amide bonds. The second-order valence-corrected chi connectivity index (χ2v) is 9.65. The fourth-order valence-corrected chi connectivity index (χ4v) is 5.39. The van der Waals surface area contributed by atoms with E-state index in [1.807, 2.05) is 48.5 Å². The average molecular weight is 402 g/mol.